The zero-order chi connectivity index (χ0) is 39.0. The van der Waals surface area contributed by atoms with Gasteiger partial charge in [0.2, 0.25) is 5.91 Å². The molecule has 0 aliphatic carbocycles. The van der Waals surface area contributed by atoms with Crippen molar-refractivity contribution in [2.45, 2.75) is 233 Å². The van der Waals surface area contributed by atoms with Gasteiger partial charge in [0.15, 0.2) is 0 Å². The Morgan fingerprint density at radius 3 is 0.906 bits per heavy atom. The van der Waals surface area contributed by atoms with Crippen LogP contribution in [0.2, 0.25) is 0 Å². The maximum absolute atomic E-state index is 13.3. The van der Waals surface area contributed by atoms with Crippen molar-refractivity contribution in [2.24, 2.45) is 11.8 Å². The Balaban J connectivity index is 4.95. The van der Waals surface area contributed by atoms with Crippen molar-refractivity contribution in [2.75, 3.05) is 31.6 Å². The zero-order valence-electron chi connectivity index (χ0n) is 35.7. The predicted octanol–water partition coefficient (Wildman–Crippen LogP) is 14.1. The fourth-order valence-electron chi connectivity index (χ4n) is 7.35. The Morgan fingerprint density at radius 2 is 0.660 bits per heavy atom. The molecule has 0 aromatic carbocycles. The second-order valence-electron chi connectivity index (χ2n) is 15.9. The summed E-state index contributed by atoms with van der Waals surface area (Å²) in [4.78, 5) is 41.1. The number of esters is 2. The summed E-state index contributed by atoms with van der Waals surface area (Å²) >= 11 is 3.32. The van der Waals surface area contributed by atoms with Crippen LogP contribution in [-0.4, -0.2) is 54.4 Å². The number of unbranched alkanes of at least 4 members (excludes halogenated alkanes) is 24. The van der Waals surface area contributed by atoms with Gasteiger partial charge in [-0.25, -0.2) is 0 Å². The monoisotopic (exact) mass is 814 g/mol. The Kier molecular flexibility index (Phi) is 39.7. The molecule has 0 heterocycles. The molecule has 0 rings (SSSR count). The molecule has 0 atom stereocenters. The second-order valence-corrected chi connectivity index (χ2v) is 16.4. The standard InChI is InChI=1S/C46H88BrNO5/c1-5-9-13-17-21-25-29-33-42(34-30-26-22-18-14-10-6-2)45(50)52-39-37-48(44(49)41-47)38-40-53-46(51)43(35-31-27-23-19-15-11-7-3)36-32-28-24-20-16-12-8-4/h42-43H,5-41H2,1-4H3. The molecular weight excluding hydrogens is 726 g/mol. The number of alkyl halides is 1. The first-order chi connectivity index (χ1) is 25.9. The highest BCUT2D eigenvalue weighted by Gasteiger charge is 2.22. The van der Waals surface area contributed by atoms with Crippen LogP contribution < -0.4 is 0 Å². The van der Waals surface area contributed by atoms with Gasteiger partial charge in [0.25, 0.3) is 0 Å². The van der Waals surface area contributed by atoms with E-state index < -0.39 is 0 Å². The molecule has 0 aliphatic rings. The molecule has 0 fully saturated rings. The molecule has 314 valence electrons. The number of amides is 1. The normalized spacial score (nSPS) is 11.5. The molecule has 0 aromatic rings. The summed E-state index contributed by atoms with van der Waals surface area (Å²) < 4.78 is 11.7. The lowest BCUT2D eigenvalue weighted by Gasteiger charge is -2.23. The maximum atomic E-state index is 13.3. The molecule has 0 radical (unpaired) electrons. The summed E-state index contributed by atoms with van der Waals surface area (Å²) in [7, 11) is 0. The number of rotatable bonds is 41. The number of carbonyl (C=O) groups is 3. The molecule has 0 saturated heterocycles. The number of carbonyl (C=O) groups excluding carboxylic acids is 3. The maximum Gasteiger partial charge on any atom is 0.308 e. The van der Waals surface area contributed by atoms with Crippen LogP contribution in [0, 0.1) is 11.8 Å². The van der Waals surface area contributed by atoms with E-state index in [4.69, 9.17) is 9.47 Å². The van der Waals surface area contributed by atoms with E-state index >= 15 is 0 Å². The van der Waals surface area contributed by atoms with Crippen molar-refractivity contribution in [3.05, 3.63) is 0 Å². The van der Waals surface area contributed by atoms with Gasteiger partial charge >= 0.3 is 11.9 Å². The first kappa shape index (κ1) is 51.9. The van der Waals surface area contributed by atoms with E-state index in [1.807, 2.05) is 0 Å². The van der Waals surface area contributed by atoms with E-state index in [-0.39, 0.29) is 48.2 Å². The van der Waals surface area contributed by atoms with Crippen LogP contribution in [-0.2, 0) is 23.9 Å². The van der Waals surface area contributed by atoms with Gasteiger partial charge in [0.1, 0.15) is 13.2 Å². The van der Waals surface area contributed by atoms with Crippen molar-refractivity contribution in [3.8, 4) is 0 Å². The third kappa shape index (κ3) is 32.8. The van der Waals surface area contributed by atoms with Crippen molar-refractivity contribution < 1.29 is 23.9 Å². The quantitative estimate of drug-likeness (QED) is 0.0349. The van der Waals surface area contributed by atoms with Crippen LogP contribution in [0.3, 0.4) is 0 Å². The highest BCUT2D eigenvalue weighted by molar-refractivity contribution is 9.09. The first-order valence-corrected chi connectivity index (χ1v) is 24.2. The highest BCUT2D eigenvalue weighted by atomic mass is 79.9. The summed E-state index contributed by atoms with van der Waals surface area (Å²) in [5.41, 5.74) is 0. The summed E-state index contributed by atoms with van der Waals surface area (Å²) in [5, 5.41) is 0.188. The summed E-state index contributed by atoms with van der Waals surface area (Å²) in [5.74, 6) is -0.432. The molecular formula is C46H88BrNO5. The highest BCUT2D eigenvalue weighted by Crippen LogP contribution is 2.23. The van der Waals surface area contributed by atoms with E-state index in [0.29, 0.717) is 13.1 Å². The number of hydrogen-bond donors (Lipinski definition) is 0. The molecule has 0 N–H and O–H groups in total. The van der Waals surface area contributed by atoms with E-state index in [1.165, 1.54) is 154 Å². The fraction of sp³-hybridized carbons (Fsp3) is 0.935. The Morgan fingerprint density at radius 1 is 0.415 bits per heavy atom. The van der Waals surface area contributed by atoms with Crippen LogP contribution in [0.15, 0.2) is 0 Å². The molecule has 0 aliphatic heterocycles. The van der Waals surface area contributed by atoms with Gasteiger partial charge in [0.05, 0.1) is 30.3 Å². The van der Waals surface area contributed by atoms with E-state index in [0.717, 1.165) is 51.4 Å². The van der Waals surface area contributed by atoms with Gasteiger partial charge in [-0.3, -0.25) is 14.4 Å². The number of hydrogen-bond acceptors (Lipinski definition) is 5. The largest absolute Gasteiger partial charge is 0.464 e. The first-order valence-electron chi connectivity index (χ1n) is 23.1. The van der Waals surface area contributed by atoms with Crippen molar-refractivity contribution >= 4 is 33.8 Å². The summed E-state index contributed by atoms with van der Waals surface area (Å²) in [6, 6.07) is 0. The van der Waals surface area contributed by atoms with Gasteiger partial charge in [0, 0.05) is 0 Å². The third-order valence-electron chi connectivity index (χ3n) is 11.0. The lowest BCUT2D eigenvalue weighted by Crippen LogP contribution is -2.38. The molecule has 0 unspecified atom stereocenters. The Hall–Kier alpha value is -1.11. The minimum atomic E-state index is -0.113. The van der Waals surface area contributed by atoms with Crippen LogP contribution in [0.25, 0.3) is 0 Å². The topological polar surface area (TPSA) is 72.9 Å². The van der Waals surface area contributed by atoms with E-state index in [9.17, 15) is 14.4 Å². The molecule has 0 spiro atoms. The number of halogens is 1. The minimum Gasteiger partial charge on any atom is -0.464 e. The van der Waals surface area contributed by atoms with Crippen molar-refractivity contribution in [1.29, 1.82) is 0 Å². The number of ether oxygens (including phenoxy) is 2. The van der Waals surface area contributed by atoms with Gasteiger partial charge < -0.3 is 14.4 Å². The van der Waals surface area contributed by atoms with Crippen LogP contribution >= 0.6 is 15.9 Å². The Bertz CT molecular complexity index is 730. The van der Waals surface area contributed by atoms with Gasteiger partial charge in [-0.2, -0.15) is 0 Å². The van der Waals surface area contributed by atoms with Crippen LogP contribution in [0.1, 0.15) is 233 Å². The van der Waals surface area contributed by atoms with Gasteiger partial charge in [-0.05, 0) is 25.7 Å². The predicted molar refractivity (Wildman–Crippen MR) is 230 cm³/mol. The molecule has 0 bridgehead atoms. The molecule has 7 heteroatoms. The van der Waals surface area contributed by atoms with Crippen molar-refractivity contribution in [3.63, 3.8) is 0 Å². The molecule has 0 saturated carbocycles. The van der Waals surface area contributed by atoms with Gasteiger partial charge in [-0.1, -0.05) is 223 Å². The van der Waals surface area contributed by atoms with Crippen molar-refractivity contribution in [1.82, 2.24) is 4.90 Å². The Labute approximate surface area is 338 Å². The van der Waals surface area contributed by atoms with Crippen LogP contribution in [0.4, 0.5) is 0 Å². The summed E-state index contributed by atoms with van der Waals surface area (Å²) in [6.45, 7) is 9.97. The molecule has 6 nitrogen and oxygen atoms in total. The van der Waals surface area contributed by atoms with E-state index in [1.54, 1.807) is 4.90 Å². The fourth-order valence-corrected chi connectivity index (χ4v) is 7.70. The number of nitrogens with zero attached hydrogens (tertiary/aromatic N) is 1. The summed E-state index contributed by atoms with van der Waals surface area (Å²) in [6.07, 6.45) is 38.2. The average Bonchev–Trinajstić information content (AvgIpc) is 3.16. The average molecular weight is 815 g/mol. The molecule has 0 aromatic heterocycles. The van der Waals surface area contributed by atoms with Gasteiger partial charge in [-0.15, -0.1) is 0 Å². The smallest absolute Gasteiger partial charge is 0.308 e. The van der Waals surface area contributed by atoms with E-state index in [2.05, 4.69) is 43.6 Å². The second kappa shape index (κ2) is 40.6. The lowest BCUT2D eigenvalue weighted by atomic mass is 9.94. The third-order valence-corrected chi connectivity index (χ3v) is 11.4. The minimum absolute atomic E-state index is 0.0628. The molecule has 1 amide bonds. The molecule has 53 heavy (non-hydrogen) atoms. The zero-order valence-corrected chi connectivity index (χ0v) is 37.3. The SMILES string of the molecule is CCCCCCCCCC(CCCCCCCCC)C(=O)OCCN(CCOC(=O)C(CCCCCCCCC)CCCCCCCCC)C(=O)CBr. The van der Waals surface area contributed by atoms with Crippen LogP contribution in [0.5, 0.6) is 0 Å². The lowest BCUT2D eigenvalue weighted by molar-refractivity contribution is -0.152.